The maximum atomic E-state index is 13.3. The van der Waals surface area contributed by atoms with Gasteiger partial charge < -0.3 is 14.7 Å². The summed E-state index contributed by atoms with van der Waals surface area (Å²) in [6.45, 7) is 3.97. The van der Waals surface area contributed by atoms with Crippen LogP contribution in [0.25, 0.3) is 0 Å². The van der Waals surface area contributed by atoms with Crippen molar-refractivity contribution in [3.05, 3.63) is 23.0 Å². The molecule has 1 spiro atoms. The lowest BCUT2D eigenvalue weighted by atomic mass is 9.63. The Morgan fingerprint density at radius 2 is 2.18 bits per heavy atom. The molecule has 0 aromatic heterocycles. The number of ketones is 1. The maximum absolute atomic E-state index is 13.3. The lowest BCUT2D eigenvalue weighted by molar-refractivity contribution is -0.129. The van der Waals surface area contributed by atoms with Gasteiger partial charge in [0.15, 0.2) is 5.76 Å². The number of allylic oxidation sites excluding steroid dienone is 2. The highest BCUT2D eigenvalue weighted by molar-refractivity contribution is 6.02. The number of ether oxygens (including phenoxy) is 1. The predicted octanol–water partition coefficient (Wildman–Crippen LogP) is 2.29. The summed E-state index contributed by atoms with van der Waals surface area (Å²) in [5.74, 6) is 0.864. The van der Waals surface area contributed by atoms with Crippen molar-refractivity contribution >= 4 is 5.78 Å². The minimum absolute atomic E-state index is 0.108. The van der Waals surface area contributed by atoms with E-state index in [1.165, 1.54) is 0 Å². The van der Waals surface area contributed by atoms with E-state index in [-0.39, 0.29) is 11.7 Å². The van der Waals surface area contributed by atoms with Crippen LogP contribution < -0.4 is 0 Å². The topological polar surface area (TPSA) is 49.8 Å². The highest BCUT2D eigenvalue weighted by Gasteiger charge is 2.58. The molecule has 0 saturated heterocycles. The minimum atomic E-state index is -0.518. The van der Waals surface area contributed by atoms with E-state index in [4.69, 9.17) is 4.74 Å². The molecule has 0 amide bonds. The number of methoxy groups -OCH3 is 1. The average Bonchev–Trinajstić information content (AvgIpc) is 2.76. The van der Waals surface area contributed by atoms with Crippen molar-refractivity contribution in [2.45, 2.75) is 45.1 Å². The first-order valence-electron chi connectivity index (χ1n) is 8.36. The fourth-order valence-corrected chi connectivity index (χ4v) is 4.79. The standard InChI is InChI=1S/C18H27NO3/c1-12-10-13-11-15(20)14-6-4-8-19(2)9-5-7-18(13,14)17(21)16(12)22-3/h6,13,15,20H,4-5,7-11H2,1-3H3. The average molecular weight is 305 g/mol. The molecule has 3 aliphatic rings. The molecule has 0 radical (unpaired) electrons. The van der Waals surface area contributed by atoms with Crippen molar-refractivity contribution in [2.75, 3.05) is 27.2 Å². The molecule has 1 saturated carbocycles. The molecule has 22 heavy (non-hydrogen) atoms. The molecular formula is C18H27NO3. The Morgan fingerprint density at radius 1 is 1.41 bits per heavy atom. The van der Waals surface area contributed by atoms with Crippen LogP contribution in [-0.2, 0) is 9.53 Å². The minimum Gasteiger partial charge on any atom is -0.493 e. The summed E-state index contributed by atoms with van der Waals surface area (Å²) in [6.07, 6.45) is 5.94. The first-order valence-corrected chi connectivity index (χ1v) is 8.36. The Hall–Kier alpha value is -1.13. The van der Waals surface area contributed by atoms with Crippen LogP contribution in [0.2, 0.25) is 0 Å². The second-order valence-electron chi connectivity index (χ2n) is 7.12. The second kappa shape index (κ2) is 5.82. The summed E-state index contributed by atoms with van der Waals surface area (Å²) in [5.41, 5.74) is 1.49. The van der Waals surface area contributed by atoms with E-state index < -0.39 is 11.5 Å². The normalized spacial score (nSPS) is 36.9. The Kier molecular flexibility index (Phi) is 4.17. The summed E-state index contributed by atoms with van der Waals surface area (Å²) < 4.78 is 5.44. The number of aliphatic hydroxyl groups is 1. The number of Topliss-reactive ketones (excluding diaryl/α,β-unsaturated/α-hetero) is 1. The van der Waals surface area contributed by atoms with Crippen molar-refractivity contribution in [2.24, 2.45) is 11.3 Å². The molecule has 0 aromatic carbocycles. The Balaban J connectivity index is 2.07. The summed E-state index contributed by atoms with van der Waals surface area (Å²) in [5, 5.41) is 10.6. The quantitative estimate of drug-likeness (QED) is 0.755. The zero-order chi connectivity index (χ0) is 15.9. The molecule has 4 nitrogen and oxygen atoms in total. The number of aliphatic hydroxyl groups excluding tert-OH is 1. The monoisotopic (exact) mass is 305 g/mol. The number of hydrogen-bond acceptors (Lipinski definition) is 4. The molecule has 2 aliphatic carbocycles. The number of rotatable bonds is 1. The van der Waals surface area contributed by atoms with Crippen LogP contribution in [0, 0.1) is 11.3 Å². The van der Waals surface area contributed by atoms with E-state index in [2.05, 4.69) is 18.0 Å². The molecule has 122 valence electrons. The molecule has 3 unspecified atom stereocenters. The van der Waals surface area contributed by atoms with Gasteiger partial charge in [-0.25, -0.2) is 0 Å². The molecule has 4 heteroatoms. The molecule has 0 aromatic rings. The van der Waals surface area contributed by atoms with Crippen LogP contribution in [0.4, 0.5) is 0 Å². The Bertz CT molecular complexity index is 536. The van der Waals surface area contributed by atoms with Gasteiger partial charge in [0, 0.05) is 6.54 Å². The molecule has 1 N–H and O–H groups in total. The van der Waals surface area contributed by atoms with E-state index >= 15 is 0 Å². The zero-order valence-corrected chi connectivity index (χ0v) is 13.9. The van der Waals surface area contributed by atoms with Gasteiger partial charge in [0.25, 0.3) is 0 Å². The van der Waals surface area contributed by atoms with Crippen molar-refractivity contribution in [3.8, 4) is 0 Å². The molecule has 3 atom stereocenters. The van der Waals surface area contributed by atoms with E-state index in [9.17, 15) is 9.90 Å². The smallest absolute Gasteiger partial charge is 0.207 e. The van der Waals surface area contributed by atoms with Gasteiger partial charge in [0.1, 0.15) is 0 Å². The molecule has 3 rings (SSSR count). The summed E-state index contributed by atoms with van der Waals surface area (Å²) in [4.78, 5) is 15.6. The van der Waals surface area contributed by atoms with Gasteiger partial charge in [-0.2, -0.15) is 0 Å². The molecule has 1 heterocycles. The van der Waals surface area contributed by atoms with Gasteiger partial charge in [-0.3, -0.25) is 4.79 Å². The summed E-state index contributed by atoms with van der Waals surface area (Å²) >= 11 is 0. The number of nitrogens with zero attached hydrogens (tertiary/aromatic N) is 1. The highest BCUT2D eigenvalue weighted by atomic mass is 16.5. The van der Waals surface area contributed by atoms with E-state index in [0.717, 1.165) is 49.9 Å². The van der Waals surface area contributed by atoms with Crippen LogP contribution in [0.5, 0.6) is 0 Å². The molecular weight excluding hydrogens is 278 g/mol. The fraction of sp³-hybridized carbons (Fsp3) is 0.722. The Labute approximate surface area is 132 Å². The number of carbonyl (C=O) groups is 1. The largest absolute Gasteiger partial charge is 0.493 e. The van der Waals surface area contributed by atoms with E-state index in [1.54, 1.807) is 7.11 Å². The second-order valence-corrected chi connectivity index (χ2v) is 7.12. The number of hydrogen-bond donors (Lipinski definition) is 1. The third kappa shape index (κ3) is 2.24. The zero-order valence-electron chi connectivity index (χ0n) is 13.9. The molecule has 1 aliphatic heterocycles. The van der Waals surface area contributed by atoms with Gasteiger partial charge >= 0.3 is 0 Å². The van der Waals surface area contributed by atoms with Crippen LogP contribution in [0.1, 0.15) is 39.0 Å². The van der Waals surface area contributed by atoms with Crippen LogP contribution in [0.15, 0.2) is 23.0 Å². The first kappa shape index (κ1) is 15.8. The summed E-state index contributed by atoms with van der Waals surface area (Å²) in [6, 6.07) is 0. The molecule has 0 bridgehead atoms. The van der Waals surface area contributed by atoms with Crippen LogP contribution in [0.3, 0.4) is 0 Å². The first-order chi connectivity index (χ1) is 10.5. The van der Waals surface area contributed by atoms with Crippen LogP contribution >= 0.6 is 0 Å². The third-order valence-electron chi connectivity index (χ3n) is 5.82. The van der Waals surface area contributed by atoms with Crippen LogP contribution in [-0.4, -0.2) is 49.1 Å². The summed E-state index contributed by atoms with van der Waals surface area (Å²) in [7, 11) is 3.71. The highest BCUT2D eigenvalue weighted by Crippen LogP contribution is 2.57. The lowest BCUT2D eigenvalue weighted by Crippen LogP contribution is -2.42. The lowest BCUT2D eigenvalue weighted by Gasteiger charge is -2.40. The van der Waals surface area contributed by atoms with Crippen molar-refractivity contribution in [1.82, 2.24) is 4.90 Å². The number of carbonyl (C=O) groups excluding carboxylic acids is 1. The SMILES string of the molecule is COC1=C(C)CC2CC(O)C3=CCCN(C)CCCC32C1=O. The fourth-order valence-electron chi connectivity index (χ4n) is 4.79. The van der Waals surface area contributed by atoms with Crippen molar-refractivity contribution in [3.63, 3.8) is 0 Å². The van der Waals surface area contributed by atoms with Gasteiger partial charge in [-0.15, -0.1) is 0 Å². The predicted molar refractivity (Wildman–Crippen MR) is 85.3 cm³/mol. The van der Waals surface area contributed by atoms with Gasteiger partial charge in [-0.1, -0.05) is 6.08 Å². The van der Waals surface area contributed by atoms with Gasteiger partial charge in [0.05, 0.1) is 18.6 Å². The Morgan fingerprint density at radius 3 is 2.91 bits per heavy atom. The van der Waals surface area contributed by atoms with Crippen molar-refractivity contribution < 1.29 is 14.6 Å². The van der Waals surface area contributed by atoms with Gasteiger partial charge in [-0.05, 0) is 69.7 Å². The van der Waals surface area contributed by atoms with Gasteiger partial charge in [0.2, 0.25) is 5.78 Å². The van der Waals surface area contributed by atoms with E-state index in [0.29, 0.717) is 12.2 Å². The third-order valence-corrected chi connectivity index (χ3v) is 5.82. The molecule has 1 fully saturated rings. The maximum Gasteiger partial charge on any atom is 0.207 e. The van der Waals surface area contributed by atoms with Crippen molar-refractivity contribution in [1.29, 1.82) is 0 Å². The van der Waals surface area contributed by atoms with E-state index in [1.807, 2.05) is 6.92 Å².